The molecule has 1 aromatic heterocycles. The lowest BCUT2D eigenvalue weighted by Gasteiger charge is -2.11. The normalized spacial score (nSPS) is 13.4. The highest BCUT2D eigenvalue weighted by molar-refractivity contribution is 8.00. The zero-order valence-corrected chi connectivity index (χ0v) is 11.2. The molecule has 1 aromatic carbocycles. The molecule has 108 valence electrons. The van der Waals surface area contributed by atoms with E-state index in [9.17, 15) is 18.0 Å². The van der Waals surface area contributed by atoms with Crippen LogP contribution in [0.1, 0.15) is 6.92 Å². The van der Waals surface area contributed by atoms with Crippen LogP contribution in [0, 0.1) is 0 Å². The van der Waals surface area contributed by atoms with Crippen molar-refractivity contribution in [1.29, 1.82) is 0 Å². The quantitative estimate of drug-likeness (QED) is 0.882. The summed E-state index contributed by atoms with van der Waals surface area (Å²) in [6.45, 7) is 0.148. The number of carbonyl (C=O) groups excluding carboxylic acids is 1. The lowest BCUT2D eigenvalue weighted by molar-refractivity contribution is -0.137. The molecule has 1 N–H and O–H groups in total. The van der Waals surface area contributed by atoms with Crippen LogP contribution in [0.2, 0.25) is 0 Å². The van der Waals surface area contributed by atoms with Gasteiger partial charge in [0.05, 0.1) is 5.25 Å². The van der Waals surface area contributed by atoms with Crippen molar-refractivity contribution in [3.63, 3.8) is 0 Å². The van der Waals surface area contributed by atoms with Crippen LogP contribution in [0.15, 0.2) is 33.9 Å². The molecule has 1 atom stereocenters. The van der Waals surface area contributed by atoms with Crippen LogP contribution < -0.4 is 5.32 Å². The van der Waals surface area contributed by atoms with Gasteiger partial charge in [0, 0.05) is 0 Å². The monoisotopic (exact) mass is 304 g/mol. The molecule has 0 unspecified atom stereocenters. The second kappa shape index (κ2) is 5.74. The first kappa shape index (κ1) is 14.7. The molecular formula is C12H11F3N2O2S. The van der Waals surface area contributed by atoms with Gasteiger partial charge in [-0.25, -0.2) is 4.98 Å². The third-order valence-corrected chi connectivity index (χ3v) is 3.33. The van der Waals surface area contributed by atoms with Gasteiger partial charge < -0.3 is 9.73 Å². The highest BCUT2D eigenvalue weighted by Crippen LogP contribution is 2.26. The van der Waals surface area contributed by atoms with Crippen molar-refractivity contribution in [3.8, 4) is 0 Å². The highest BCUT2D eigenvalue weighted by Gasteiger charge is 2.29. The first-order valence-electron chi connectivity index (χ1n) is 5.72. The number of benzene rings is 1. The minimum absolute atomic E-state index is 0.251. The number of oxazole rings is 1. The number of para-hydroxylation sites is 2. The second-order valence-corrected chi connectivity index (χ2v) is 5.33. The summed E-state index contributed by atoms with van der Waals surface area (Å²) in [6, 6.07) is 7.04. The summed E-state index contributed by atoms with van der Waals surface area (Å²) < 4.78 is 41.4. The van der Waals surface area contributed by atoms with Crippen molar-refractivity contribution in [3.05, 3.63) is 24.3 Å². The van der Waals surface area contributed by atoms with Crippen LogP contribution in [0.25, 0.3) is 11.1 Å². The van der Waals surface area contributed by atoms with E-state index in [1.54, 1.807) is 24.3 Å². The fourth-order valence-electron chi connectivity index (χ4n) is 1.44. The van der Waals surface area contributed by atoms with E-state index < -0.39 is 23.9 Å². The molecule has 8 heteroatoms. The van der Waals surface area contributed by atoms with E-state index in [0.717, 1.165) is 11.8 Å². The molecule has 0 radical (unpaired) electrons. The number of alkyl halides is 3. The maximum absolute atomic E-state index is 12.0. The van der Waals surface area contributed by atoms with E-state index in [1.165, 1.54) is 6.92 Å². The van der Waals surface area contributed by atoms with E-state index in [1.807, 2.05) is 5.32 Å². The Morgan fingerprint density at radius 1 is 1.45 bits per heavy atom. The largest absolute Gasteiger partial charge is 0.431 e. The number of rotatable bonds is 4. The third-order valence-electron chi connectivity index (χ3n) is 2.38. The fourth-order valence-corrected chi connectivity index (χ4v) is 2.22. The Bertz CT molecular complexity index is 579. The van der Waals surface area contributed by atoms with Gasteiger partial charge in [0.1, 0.15) is 12.1 Å². The lowest BCUT2D eigenvalue weighted by Crippen LogP contribution is -2.37. The summed E-state index contributed by atoms with van der Waals surface area (Å²) in [6.07, 6.45) is -4.42. The molecule has 4 nitrogen and oxygen atoms in total. The van der Waals surface area contributed by atoms with Crippen molar-refractivity contribution >= 4 is 28.8 Å². The number of hydrogen-bond acceptors (Lipinski definition) is 4. The predicted octanol–water partition coefficient (Wildman–Crippen LogP) is 2.99. The maximum atomic E-state index is 12.0. The SMILES string of the molecule is C[C@H](Sc1nc2ccccc2o1)C(=O)NCC(F)(F)F. The number of fused-ring (bicyclic) bond motifs is 1. The predicted molar refractivity (Wildman–Crippen MR) is 68.4 cm³/mol. The van der Waals surface area contributed by atoms with Crippen molar-refractivity contribution < 1.29 is 22.4 Å². The van der Waals surface area contributed by atoms with Crippen molar-refractivity contribution in [2.24, 2.45) is 0 Å². The van der Waals surface area contributed by atoms with Gasteiger partial charge in [0.25, 0.3) is 5.22 Å². The Hall–Kier alpha value is -1.70. The van der Waals surface area contributed by atoms with Gasteiger partial charge in [0.2, 0.25) is 5.91 Å². The fraction of sp³-hybridized carbons (Fsp3) is 0.333. The van der Waals surface area contributed by atoms with Gasteiger partial charge in [-0.3, -0.25) is 4.79 Å². The summed E-state index contributed by atoms with van der Waals surface area (Å²) in [5, 5.41) is 1.34. The third kappa shape index (κ3) is 3.89. The van der Waals surface area contributed by atoms with Crippen LogP contribution in [-0.4, -0.2) is 28.9 Å². The number of carbonyl (C=O) groups is 1. The average Bonchev–Trinajstić information content (AvgIpc) is 2.76. The Labute approximate surface area is 116 Å². The van der Waals surface area contributed by atoms with E-state index in [-0.39, 0.29) is 5.22 Å². The number of amides is 1. The van der Waals surface area contributed by atoms with Crippen LogP contribution in [0.5, 0.6) is 0 Å². The molecule has 0 fully saturated rings. The first-order chi connectivity index (χ1) is 9.35. The number of aromatic nitrogens is 1. The molecule has 0 spiro atoms. The van der Waals surface area contributed by atoms with E-state index in [0.29, 0.717) is 11.1 Å². The van der Waals surface area contributed by atoms with Crippen LogP contribution in [0.3, 0.4) is 0 Å². The number of nitrogens with zero attached hydrogens (tertiary/aromatic N) is 1. The van der Waals surface area contributed by atoms with Gasteiger partial charge in [-0.15, -0.1) is 0 Å². The molecule has 0 aliphatic rings. The zero-order chi connectivity index (χ0) is 14.8. The van der Waals surface area contributed by atoms with E-state index in [2.05, 4.69) is 4.98 Å². The van der Waals surface area contributed by atoms with Gasteiger partial charge >= 0.3 is 6.18 Å². The number of halogens is 3. The topological polar surface area (TPSA) is 55.1 Å². The Kier molecular flexibility index (Phi) is 4.22. The number of thioether (sulfide) groups is 1. The second-order valence-electron chi connectivity index (χ2n) is 4.04. The standard InChI is InChI=1S/C12H11F3N2O2S/c1-7(10(18)16-6-12(13,14)15)20-11-17-8-4-2-3-5-9(8)19-11/h2-5,7H,6H2,1H3,(H,16,18)/t7-/m0/s1. The molecule has 1 amide bonds. The molecular weight excluding hydrogens is 293 g/mol. The van der Waals surface area contributed by atoms with Crippen molar-refractivity contribution in [1.82, 2.24) is 10.3 Å². The minimum Gasteiger partial charge on any atom is -0.431 e. The zero-order valence-electron chi connectivity index (χ0n) is 10.4. The van der Waals surface area contributed by atoms with Gasteiger partial charge in [-0.1, -0.05) is 23.9 Å². The maximum Gasteiger partial charge on any atom is 0.405 e. The van der Waals surface area contributed by atoms with Crippen molar-refractivity contribution in [2.75, 3.05) is 6.54 Å². The van der Waals surface area contributed by atoms with Gasteiger partial charge in [-0.05, 0) is 19.1 Å². The Morgan fingerprint density at radius 2 is 2.15 bits per heavy atom. The summed E-state index contributed by atoms with van der Waals surface area (Å²) in [5.74, 6) is -0.713. The summed E-state index contributed by atoms with van der Waals surface area (Å²) in [7, 11) is 0. The summed E-state index contributed by atoms with van der Waals surface area (Å²) >= 11 is 0.971. The Morgan fingerprint density at radius 3 is 2.80 bits per heavy atom. The molecule has 2 aromatic rings. The highest BCUT2D eigenvalue weighted by atomic mass is 32.2. The number of nitrogens with one attached hydrogen (secondary N) is 1. The molecule has 0 bridgehead atoms. The molecule has 0 saturated heterocycles. The average molecular weight is 304 g/mol. The van der Waals surface area contributed by atoms with Crippen LogP contribution in [-0.2, 0) is 4.79 Å². The van der Waals surface area contributed by atoms with Gasteiger partial charge in [-0.2, -0.15) is 13.2 Å². The van der Waals surface area contributed by atoms with Gasteiger partial charge in [0.15, 0.2) is 5.58 Å². The number of hydrogen-bond donors (Lipinski definition) is 1. The molecule has 0 aliphatic carbocycles. The molecule has 2 rings (SSSR count). The van der Waals surface area contributed by atoms with Crippen LogP contribution >= 0.6 is 11.8 Å². The van der Waals surface area contributed by atoms with Crippen LogP contribution in [0.4, 0.5) is 13.2 Å². The van der Waals surface area contributed by atoms with E-state index in [4.69, 9.17) is 4.42 Å². The first-order valence-corrected chi connectivity index (χ1v) is 6.60. The summed E-state index contributed by atoms with van der Waals surface area (Å²) in [4.78, 5) is 15.6. The Balaban J connectivity index is 1.96. The van der Waals surface area contributed by atoms with Crippen molar-refractivity contribution in [2.45, 2.75) is 23.6 Å². The smallest absolute Gasteiger partial charge is 0.405 e. The van der Waals surface area contributed by atoms with E-state index >= 15 is 0 Å². The summed E-state index contributed by atoms with van der Waals surface area (Å²) in [5.41, 5.74) is 1.20. The molecule has 1 heterocycles. The molecule has 0 aliphatic heterocycles. The molecule has 0 saturated carbocycles. The molecule has 20 heavy (non-hydrogen) atoms. The minimum atomic E-state index is -4.42. The lowest BCUT2D eigenvalue weighted by atomic mass is 10.3.